The highest BCUT2D eigenvalue weighted by atomic mass is 35.5. The van der Waals surface area contributed by atoms with E-state index in [9.17, 15) is 13.2 Å². The zero-order valence-corrected chi connectivity index (χ0v) is 17.6. The first kappa shape index (κ1) is 22.9. The van der Waals surface area contributed by atoms with Gasteiger partial charge in [0.25, 0.3) is 0 Å². The smallest absolute Gasteiger partial charge is 0.246 e. The van der Waals surface area contributed by atoms with Gasteiger partial charge in [0.1, 0.15) is 10.6 Å². The van der Waals surface area contributed by atoms with Gasteiger partial charge in [-0.1, -0.05) is 19.3 Å². The molecular weight excluding hydrogens is 406 g/mol. The van der Waals surface area contributed by atoms with E-state index in [1.807, 2.05) is 0 Å². The molecule has 0 unspecified atom stereocenters. The largest absolute Gasteiger partial charge is 0.495 e. The Morgan fingerprint density at radius 1 is 1.21 bits per heavy atom. The SMILES string of the molecule is COc1ccc(NC(=O)C2(N)CCCCC2)cc1S(=O)(=O)N1CCOCC1.Cl. The third-order valence-electron chi connectivity index (χ3n) is 5.21. The number of halogens is 1. The van der Waals surface area contributed by atoms with Crippen LogP contribution in [0.1, 0.15) is 32.1 Å². The van der Waals surface area contributed by atoms with Gasteiger partial charge in [0.05, 0.1) is 25.9 Å². The lowest BCUT2D eigenvalue weighted by Gasteiger charge is -2.32. The minimum atomic E-state index is -3.76. The first-order valence-electron chi connectivity index (χ1n) is 9.23. The molecule has 1 amide bonds. The van der Waals surface area contributed by atoms with Crippen molar-refractivity contribution < 1.29 is 22.7 Å². The maximum atomic E-state index is 13.0. The lowest BCUT2D eigenvalue weighted by molar-refractivity contribution is -0.122. The molecule has 1 saturated heterocycles. The third kappa shape index (κ3) is 4.77. The molecule has 1 saturated carbocycles. The number of nitrogens with one attached hydrogen (secondary N) is 1. The van der Waals surface area contributed by atoms with Gasteiger partial charge < -0.3 is 20.5 Å². The molecule has 0 atom stereocenters. The number of nitrogens with zero attached hydrogens (tertiary/aromatic N) is 1. The minimum absolute atomic E-state index is 0. The number of sulfonamides is 1. The van der Waals surface area contributed by atoms with Crippen LogP contribution in [0.4, 0.5) is 5.69 Å². The van der Waals surface area contributed by atoms with Gasteiger partial charge in [-0.05, 0) is 31.0 Å². The summed E-state index contributed by atoms with van der Waals surface area (Å²) in [5, 5.41) is 2.79. The molecule has 28 heavy (non-hydrogen) atoms. The number of rotatable bonds is 5. The second-order valence-corrected chi connectivity index (χ2v) is 8.96. The molecule has 1 aliphatic heterocycles. The van der Waals surface area contributed by atoms with Crippen molar-refractivity contribution in [3.63, 3.8) is 0 Å². The van der Waals surface area contributed by atoms with Crippen molar-refractivity contribution in [1.29, 1.82) is 0 Å². The van der Waals surface area contributed by atoms with Crippen LogP contribution in [0.2, 0.25) is 0 Å². The molecule has 158 valence electrons. The van der Waals surface area contributed by atoms with Crippen LogP contribution in [0.5, 0.6) is 5.75 Å². The fourth-order valence-corrected chi connectivity index (χ4v) is 5.14. The van der Waals surface area contributed by atoms with Crippen LogP contribution in [0, 0.1) is 0 Å². The Morgan fingerprint density at radius 3 is 2.46 bits per heavy atom. The Hall–Kier alpha value is -1.39. The molecule has 0 spiro atoms. The van der Waals surface area contributed by atoms with Crippen LogP contribution in [0.15, 0.2) is 23.1 Å². The predicted octanol–water partition coefficient (Wildman–Crippen LogP) is 1.74. The topological polar surface area (TPSA) is 111 Å². The van der Waals surface area contributed by atoms with Crippen molar-refractivity contribution in [3.05, 3.63) is 18.2 Å². The number of carbonyl (C=O) groups excluding carboxylic acids is 1. The van der Waals surface area contributed by atoms with Crippen LogP contribution >= 0.6 is 12.4 Å². The van der Waals surface area contributed by atoms with Gasteiger partial charge in [0.2, 0.25) is 15.9 Å². The Balaban J connectivity index is 0.00000280. The molecule has 3 rings (SSSR count). The van der Waals surface area contributed by atoms with Gasteiger partial charge in [-0.3, -0.25) is 4.79 Å². The van der Waals surface area contributed by atoms with Gasteiger partial charge in [0, 0.05) is 18.8 Å². The predicted molar refractivity (Wildman–Crippen MR) is 108 cm³/mol. The summed E-state index contributed by atoms with van der Waals surface area (Å²) in [6, 6.07) is 4.61. The van der Waals surface area contributed by atoms with Crippen molar-refractivity contribution in [1.82, 2.24) is 4.31 Å². The number of benzene rings is 1. The highest BCUT2D eigenvalue weighted by Crippen LogP contribution is 2.32. The zero-order chi connectivity index (χ0) is 19.5. The number of hydrogen-bond donors (Lipinski definition) is 2. The summed E-state index contributed by atoms with van der Waals surface area (Å²) in [6.07, 6.45) is 4.19. The van der Waals surface area contributed by atoms with E-state index in [0.29, 0.717) is 31.7 Å². The van der Waals surface area contributed by atoms with E-state index in [-0.39, 0.29) is 42.0 Å². The van der Waals surface area contributed by atoms with Gasteiger partial charge in [-0.25, -0.2) is 8.42 Å². The summed E-state index contributed by atoms with van der Waals surface area (Å²) < 4.78 is 37.9. The number of ether oxygens (including phenoxy) is 2. The molecule has 10 heteroatoms. The van der Waals surface area contributed by atoms with Gasteiger partial charge in [-0.2, -0.15) is 4.31 Å². The fraction of sp³-hybridized carbons (Fsp3) is 0.611. The Morgan fingerprint density at radius 2 is 1.86 bits per heavy atom. The van der Waals surface area contributed by atoms with Crippen molar-refractivity contribution in [2.75, 3.05) is 38.7 Å². The number of anilines is 1. The van der Waals surface area contributed by atoms with Crippen LogP contribution < -0.4 is 15.8 Å². The van der Waals surface area contributed by atoms with E-state index in [0.717, 1.165) is 19.3 Å². The molecule has 3 N–H and O–H groups in total. The molecule has 2 fully saturated rings. The Kier molecular flexibility index (Phi) is 7.69. The second kappa shape index (κ2) is 9.41. The van der Waals surface area contributed by atoms with E-state index in [1.54, 1.807) is 12.1 Å². The number of methoxy groups -OCH3 is 1. The second-order valence-electron chi connectivity index (χ2n) is 7.05. The average Bonchev–Trinajstić information content (AvgIpc) is 2.69. The number of nitrogens with two attached hydrogens (primary N) is 1. The van der Waals surface area contributed by atoms with E-state index in [1.165, 1.54) is 17.5 Å². The summed E-state index contributed by atoms with van der Waals surface area (Å²) in [5.41, 5.74) is 5.76. The molecule has 1 aliphatic carbocycles. The molecular formula is C18H28ClN3O5S. The van der Waals surface area contributed by atoms with Crippen molar-refractivity contribution >= 4 is 34.0 Å². The quantitative estimate of drug-likeness (QED) is 0.731. The van der Waals surface area contributed by atoms with Crippen LogP contribution in [0.25, 0.3) is 0 Å². The lowest BCUT2D eigenvalue weighted by Crippen LogP contribution is -2.52. The number of hydrogen-bond acceptors (Lipinski definition) is 6. The number of amides is 1. The normalized spacial score (nSPS) is 20.1. The van der Waals surface area contributed by atoms with E-state index in [4.69, 9.17) is 15.2 Å². The average molecular weight is 434 g/mol. The molecule has 1 aromatic carbocycles. The van der Waals surface area contributed by atoms with Crippen molar-refractivity contribution in [2.45, 2.75) is 42.5 Å². The summed E-state index contributed by atoms with van der Waals surface area (Å²) in [6.45, 7) is 1.28. The number of carbonyl (C=O) groups is 1. The zero-order valence-electron chi connectivity index (χ0n) is 16.0. The monoisotopic (exact) mass is 433 g/mol. The molecule has 1 aromatic rings. The van der Waals surface area contributed by atoms with Crippen LogP contribution in [-0.4, -0.2) is 57.6 Å². The fourth-order valence-electron chi connectivity index (χ4n) is 3.55. The highest BCUT2D eigenvalue weighted by molar-refractivity contribution is 7.89. The molecule has 0 bridgehead atoms. The van der Waals surface area contributed by atoms with E-state index >= 15 is 0 Å². The van der Waals surface area contributed by atoms with Crippen molar-refractivity contribution in [3.8, 4) is 5.75 Å². The minimum Gasteiger partial charge on any atom is -0.495 e. The lowest BCUT2D eigenvalue weighted by atomic mass is 9.82. The number of morpholine rings is 1. The maximum Gasteiger partial charge on any atom is 0.246 e. The summed E-state index contributed by atoms with van der Waals surface area (Å²) >= 11 is 0. The molecule has 0 radical (unpaired) electrons. The summed E-state index contributed by atoms with van der Waals surface area (Å²) in [7, 11) is -2.34. The summed E-state index contributed by atoms with van der Waals surface area (Å²) in [5.74, 6) is -0.0401. The summed E-state index contributed by atoms with van der Waals surface area (Å²) in [4.78, 5) is 12.7. The molecule has 8 nitrogen and oxygen atoms in total. The van der Waals surface area contributed by atoms with Crippen LogP contribution in [-0.2, 0) is 19.6 Å². The third-order valence-corrected chi connectivity index (χ3v) is 7.13. The standard InChI is InChI=1S/C18H27N3O5S.ClH/c1-25-15-6-5-14(20-17(22)18(19)7-3-2-4-8-18)13-16(15)27(23,24)21-9-11-26-12-10-21;/h5-6,13H,2-4,7-12,19H2,1H3,(H,20,22);1H. The first-order chi connectivity index (χ1) is 12.9. The van der Waals surface area contributed by atoms with E-state index < -0.39 is 15.6 Å². The van der Waals surface area contributed by atoms with E-state index in [2.05, 4.69) is 5.32 Å². The van der Waals surface area contributed by atoms with Gasteiger partial charge in [0.15, 0.2) is 0 Å². The van der Waals surface area contributed by atoms with Gasteiger partial charge >= 0.3 is 0 Å². The first-order valence-corrected chi connectivity index (χ1v) is 10.7. The van der Waals surface area contributed by atoms with Crippen LogP contribution in [0.3, 0.4) is 0 Å². The maximum absolute atomic E-state index is 13.0. The van der Waals surface area contributed by atoms with Gasteiger partial charge in [-0.15, -0.1) is 12.4 Å². The molecule has 1 heterocycles. The Bertz CT molecular complexity index is 790. The Labute approximate surface area is 172 Å². The molecule has 2 aliphatic rings. The molecule has 0 aromatic heterocycles. The highest BCUT2D eigenvalue weighted by Gasteiger charge is 2.36. The van der Waals surface area contributed by atoms with Crippen molar-refractivity contribution in [2.24, 2.45) is 5.73 Å².